The first kappa shape index (κ1) is 12.9. The molecule has 1 atom stereocenters. The molecule has 0 radical (unpaired) electrons. The Labute approximate surface area is 103 Å². The fourth-order valence-corrected chi connectivity index (χ4v) is 1.87. The molecule has 0 N–H and O–H groups in total. The van der Waals surface area contributed by atoms with Gasteiger partial charge in [0.1, 0.15) is 0 Å². The zero-order valence-corrected chi connectivity index (χ0v) is 10.8. The van der Waals surface area contributed by atoms with Crippen LogP contribution in [0.2, 0.25) is 0 Å². The highest BCUT2D eigenvalue weighted by Gasteiger charge is 2.19. The minimum absolute atomic E-state index is 0.0645. The van der Waals surface area contributed by atoms with Crippen LogP contribution in [-0.4, -0.2) is 18.9 Å². The van der Waals surface area contributed by atoms with E-state index >= 15 is 0 Å². The molecule has 0 fully saturated rings. The van der Waals surface area contributed by atoms with E-state index in [0.29, 0.717) is 5.56 Å². The van der Waals surface area contributed by atoms with Gasteiger partial charge in [-0.25, -0.2) is 0 Å². The molecule has 0 amide bonds. The zero-order valence-electron chi connectivity index (χ0n) is 9.20. The third-order valence-electron chi connectivity index (χ3n) is 2.27. The van der Waals surface area contributed by atoms with Crippen LogP contribution in [-0.2, 0) is 9.53 Å². The van der Waals surface area contributed by atoms with Gasteiger partial charge in [-0.05, 0) is 6.07 Å². The summed E-state index contributed by atoms with van der Waals surface area (Å²) in [6.07, 6.45) is 0.162. The summed E-state index contributed by atoms with van der Waals surface area (Å²) < 4.78 is 5.32. The number of methoxy groups -OCH3 is 1. The lowest BCUT2D eigenvalue weighted by Gasteiger charge is -2.08. The van der Waals surface area contributed by atoms with Crippen LogP contribution in [0.15, 0.2) is 28.7 Å². The molecule has 0 aromatic heterocycles. The largest absolute Gasteiger partial charge is 0.469 e. The number of hydrogen-bond acceptors (Lipinski definition) is 3. The summed E-state index contributed by atoms with van der Waals surface area (Å²) in [5, 5.41) is 0. The van der Waals surface area contributed by atoms with Gasteiger partial charge in [-0.3, -0.25) is 9.59 Å². The molecule has 3 nitrogen and oxygen atoms in total. The second-order valence-corrected chi connectivity index (χ2v) is 4.39. The van der Waals surface area contributed by atoms with Gasteiger partial charge in [0.05, 0.1) is 13.0 Å². The summed E-state index contributed by atoms with van der Waals surface area (Å²) in [7, 11) is 1.32. The number of ether oxygens (including phenoxy) is 1. The minimum Gasteiger partial charge on any atom is -0.469 e. The number of halogens is 1. The van der Waals surface area contributed by atoms with E-state index in [1.165, 1.54) is 7.11 Å². The number of esters is 1. The van der Waals surface area contributed by atoms with E-state index in [-0.39, 0.29) is 18.2 Å². The number of ketones is 1. The van der Waals surface area contributed by atoms with Gasteiger partial charge in [0, 0.05) is 16.5 Å². The van der Waals surface area contributed by atoms with Gasteiger partial charge in [-0.15, -0.1) is 0 Å². The Hall–Kier alpha value is -1.16. The quantitative estimate of drug-likeness (QED) is 0.631. The smallest absolute Gasteiger partial charge is 0.308 e. The maximum absolute atomic E-state index is 11.9. The van der Waals surface area contributed by atoms with Gasteiger partial charge in [0.25, 0.3) is 0 Å². The maximum Gasteiger partial charge on any atom is 0.308 e. The summed E-state index contributed by atoms with van der Waals surface area (Å²) in [6.45, 7) is 1.68. The zero-order chi connectivity index (χ0) is 12.1. The number of rotatable bonds is 4. The van der Waals surface area contributed by atoms with Crippen LogP contribution in [0.1, 0.15) is 23.7 Å². The van der Waals surface area contributed by atoms with Crippen LogP contribution in [0.4, 0.5) is 0 Å². The van der Waals surface area contributed by atoms with E-state index in [1.54, 1.807) is 25.1 Å². The third kappa shape index (κ3) is 3.17. The molecule has 1 unspecified atom stereocenters. The third-order valence-corrected chi connectivity index (χ3v) is 2.96. The fourth-order valence-electron chi connectivity index (χ4n) is 1.36. The van der Waals surface area contributed by atoms with E-state index in [2.05, 4.69) is 20.7 Å². The summed E-state index contributed by atoms with van der Waals surface area (Å²) >= 11 is 3.30. The number of Topliss-reactive ketones (excluding diaryl/α,β-unsaturated/α-hetero) is 1. The normalized spacial score (nSPS) is 11.9. The Morgan fingerprint density at radius 3 is 2.56 bits per heavy atom. The predicted octanol–water partition coefficient (Wildman–Crippen LogP) is 2.83. The van der Waals surface area contributed by atoms with Gasteiger partial charge in [0.15, 0.2) is 5.78 Å². The van der Waals surface area contributed by atoms with E-state index in [0.717, 1.165) is 4.47 Å². The van der Waals surface area contributed by atoms with Crippen LogP contribution in [0, 0.1) is 5.92 Å². The van der Waals surface area contributed by atoms with E-state index in [4.69, 9.17) is 0 Å². The highest BCUT2D eigenvalue weighted by Crippen LogP contribution is 2.19. The lowest BCUT2D eigenvalue weighted by atomic mass is 10.00. The molecule has 0 spiro atoms. The van der Waals surface area contributed by atoms with Crippen LogP contribution in [0.5, 0.6) is 0 Å². The second-order valence-electron chi connectivity index (χ2n) is 3.53. The summed E-state index contributed by atoms with van der Waals surface area (Å²) in [4.78, 5) is 23.0. The highest BCUT2D eigenvalue weighted by atomic mass is 79.9. The standard InChI is InChI=1S/C12H13BrO3/c1-8(12(15)16-2)7-11(14)9-5-3-4-6-10(9)13/h3-6,8H,7H2,1-2H3. The summed E-state index contributed by atoms with van der Waals surface area (Å²) in [6, 6.07) is 7.16. The molecule has 1 aromatic carbocycles. The van der Waals surface area contributed by atoms with E-state index < -0.39 is 5.92 Å². The Morgan fingerprint density at radius 1 is 1.38 bits per heavy atom. The molecular formula is C12H13BrO3. The number of benzene rings is 1. The Morgan fingerprint density at radius 2 is 2.00 bits per heavy atom. The molecule has 0 aliphatic carbocycles. The van der Waals surface area contributed by atoms with E-state index in [1.807, 2.05) is 6.07 Å². The molecule has 1 aromatic rings. The van der Waals surface area contributed by atoms with Crippen molar-refractivity contribution in [2.45, 2.75) is 13.3 Å². The molecule has 0 heterocycles. The molecule has 0 saturated heterocycles. The lowest BCUT2D eigenvalue weighted by molar-refractivity contribution is -0.144. The average molecular weight is 285 g/mol. The van der Waals surface area contributed by atoms with Gasteiger partial charge < -0.3 is 4.74 Å². The van der Waals surface area contributed by atoms with Gasteiger partial charge >= 0.3 is 5.97 Å². The van der Waals surface area contributed by atoms with Crippen molar-refractivity contribution in [2.24, 2.45) is 5.92 Å². The van der Waals surface area contributed by atoms with Crippen molar-refractivity contribution < 1.29 is 14.3 Å². The monoisotopic (exact) mass is 284 g/mol. The molecular weight excluding hydrogens is 272 g/mol. The van der Waals surface area contributed by atoms with Crippen molar-refractivity contribution in [3.8, 4) is 0 Å². The lowest BCUT2D eigenvalue weighted by Crippen LogP contribution is -2.17. The van der Waals surface area contributed by atoms with Crippen LogP contribution in [0.25, 0.3) is 0 Å². The molecule has 86 valence electrons. The maximum atomic E-state index is 11.9. The van der Waals surface area contributed by atoms with Crippen molar-refractivity contribution in [2.75, 3.05) is 7.11 Å². The van der Waals surface area contributed by atoms with Gasteiger partial charge in [-0.2, -0.15) is 0 Å². The predicted molar refractivity (Wildman–Crippen MR) is 64.3 cm³/mol. The first-order chi connectivity index (χ1) is 7.56. The topological polar surface area (TPSA) is 43.4 Å². The van der Waals surface area contributed by atoms with Crippen molar-refractivity contribution in [1.29, 1.82) is 0 Å². The summed E-state index contributed by atoms with van der Waals surface area (Å²) in [5.74, 6) is -0.838. The Kier molecular flexibility index (Phi) is 4.68. The molecule has 0 aliphatic rings. The van der Waals surface area contributed by atoms with Crippen LogP contribution >= 0.6 is 15.9 Å². The molecule has 0 bridgehead atoms. The number of carbonyl (C=O) groups excluding carboxylic acids is 2. The summed E-state index contributed by atoms with van der Waals surface area (Å²) in [5.41, 5.74) is 0.596. The van der Waals surface area contributed by atoms with Crippen molar-refractivity contribution in [3.05, 3.63) is 34.3 Å². The van der Waals surface area contributed by atoms with Crippen LogP contribution < -0.4 is 0 Å². The van der Waals surface area contributed by atoms with Crippen LogP contribution in [0.3, 0.4) is 0 Å². The molecule has 16 heavy (non-hydrogen) atoms. The number of hydrogen-bond donors (Lipinski definition) is 0. The van der Waals surface area contributed by atoms with E-state index in [9.17, 15) is 9.59 Å². The Balaban J connectivity index is 2.73. The van der Waals surface area contributed by atoms with Gasteiger partial charge in [-0.1, -0.05) is 41.1 Å². The minimum atomic E-state index is -0.412. The highest BCUT2D eigenvalue weighted by molar-refractivity contribution is 9.10. The van der Waals surface area contributed by atoms with Crippen molar-refractivity contribution in [3.63, 3.8) is 0 Å². The number of carbonyl (C=O) groups is 2. The average Bonchev–Trinajstić information content (AvgIpc) is 2.28. The first-order valence-corrected chi connectivity index (χ1v) is 5.71. The second kappa shape index (κ2) is 5.80. The first-order valence-electron chi connectivity index (χ1n) is 4.91. The molecule has 0 saturated carbocycles. The molecule has 0 aliphatic heterocycles. The SMILES string of the molecule is COC(=O)C(C)CC(=O)c1ccccc1Br. The van der Waals surface area contributed by atoms with Gasteiger partial charge in [0.2, 0.25) is 0 Å². The molecule has 1 rings (SSSR count). The Bertz CT molecular complexity index is 401. The fraction of sp³-hybridized carbons (Fsp3) is 0.333. The van der Waals surface area contributed by atoms with Crippen molar-refractivity contribution >= 4 is 27.7 Å². The molecule has 4 heteroatoms. The van der Waals surface area contributed by atoms with Crippen molar-refractivity contribution in [1.82, 2.24) is 0 Å².